The van der Waals surface area contributed by atoms with Crippen LogP contribution in [0.5, 0.6) is 0 Å². The normalized spacial score (nSPS) is 17.4. The average Bonchev–Trinajstić information content (AvgIpc) is 2.99. The first kappa shape index (κ1) is 17.3. The Labute approximate surface area is 136 Å². The van der Waals surface area contributed by atoms with Gasteiger partial charge >= 0.3 is 0 Å². The number of aromatic nitrogens is 3. The highest BCUT2D eigenvalue weighted by atomic mass is 32.2. The molecule has 1 unspecified atom stereocenters. The Morgan fingerprint density at radius 1 is 1.50 bits per heavy atom. The maximum atomic E-state index is 12.6. The van der Waals surface area contributed by atoms with E-state index in [0.717, 1.165) is 18.0 Å². The second kappa shape index (κ2) is 8.53. The third kappa shape index (κ3) is 4.46. The summed E-state index contributed by atoms with van der Waals surface area (Å²) in [6.45, 7) is 3.25. The highest BCUT2D eigenvalue weighted by Crippen LogP contribution is 2.26. The van der Waals surface area contributed by atoms with E-state index in [1.165, 1.54) is 31.0 Å². The van der Waals surface area contributed by atoms with Crippen molar-refractivity contribution >= 4 is 17.7 Å². The topological polar surface area (TPSA) is 60.2 Å². The number of rotatable bonds is 7. The van der Waals surface area contributed by atoms with Gasteiger partial charge in [-0.05, 0) is 19.8 Å². The van der Waals surface area contributed by atoms with Crippen LogP contribution in [0.25, 0.3) is 0 Å². The molecule has 1 aromatic heterocycles. The van der Waals surface area contributed by atoms with E-state index < -0.39 is 0 Å². The van der Waals surface area contributed by atoms with Crippen LogP contribution in [0.4, 0.5) is 0 Å². The van der Waals surface area contributed by atoms with Crippen LogP contribution in [-0.2, 0) is 16.1 Å². The van der Waals surface area contributed by atoms with E-state index in [0.29, 0.717) is 19.2 Å². The molecule has 1 aromatic rings. The molecule has 1 fully saturated rings. The summed E-state index contributed by atoms with van der Waals surface area (Å²) < 4.78 is 7.01. The quantitative estimate of drug-likeness (QED) is 0.719. The number of ether oxygens (including phenoxy) is 1. The molecule has 1 saturated carbocycles. The van der Waals surface area contributed by atoms with E-state index in [2.05, 4.69) is 10.2 Å². The van der Waals surface area contributed by atoms with E-state index in [1.54, 1.807) is 13.4 Å². The highest BCUT2D eigenvalue weighted by Gasteiger charge is 2.27. The van der Waals surface area contributed by atoms with Gasteiger partial charge in [0.2, 0.25) is 5.91 Å². The van der Waals surface area contributed by atoms with E-state index in [4.69, 9.17) is 4.74 Å². The molecule has 22 heavy (non-hydrogen) atoms. The molecule has 1 aliphatic carbocycles. The molecule has 6 nitrogen and oxygen atoms in total. The summed E-state index contributed by atoms with van der Waals surface area (Å²) in [6, 6.07) is 0.399. The summed E-state index contributed by atoms with van der Waals surface area (Å²) in [7, 11) is 3.60. The molecule has 0 saturated heterocycles. The monoisotopic (exact) mass is 326 g/mol. The number of carbonyl (C=O) groups is 1. The summed E-state index contributed by atoms with van der Waals surface area (Å²) >= 11 is 1.47. The predicted molar refractivity (Wildman–Crippen MR) is 86.9 cm³/mol. The Balaban J connectivity index is 1.91. The minimum absolute atomic E-state index is 0.155. The highest BCUT2D eigenvalue weighted by molar-refractivity contribution is 8.00. The molecule has 1 heterocycles. The smallest absolute Gasteiger partial charge is 0.235 e. The Bertz CT molecular complexity index is 474. The molecule has 0 spiro atoms. The molecule has 0 aliphatic heterocycles. The van der Waals surface area contributed by atoms with Crippen molar-refractivity contribution in [2.45, 2.75) is 62.0 Å². The standard InChI is InChI=1S/C15H26N4O2S/c1-12(14(20)18(2)13-7-5-4-6-8-13)22-15-17-16-11-19(15)9-10-21-3/h11-13H,4-10H2,1-3H3. The maximum Gasteiger partial charge on any atom is 0.235 e. The summed E-state index contributed by atoms with van der Waals surface area (Å²) in [5.74, 6) is 0.179. The van der Waals surface area contributed by atoms with Gasteiger partial charge < -0.3 is 14.2 Å². The molecule has 0 aromatic carbocycles. The Morgan fingerprint density at radius 3 is 2.91 bits per heavy atom. The summed E-state index contributed by atoms with van der Waals surface area (Å²) in [5.41, 5.74) is 0. The fourth-order valence-electron chi connectivity index (χ4n) is 2.82. The van der Waals surface area contributed by atoms with Gasteiger partial charge in [0.05, 0.1) is 11.9 Å². The van der Waals surface area contributed by atoms with Crippen molar-refractivity contribution in [2.75, 3.05) is 20.8 Å². The lowest BCUT2D eigenvalue weighted by Crippen LogP contribution is -2.42. The molecule has 7 heteroatoms. The van der Waals surface area contributed by atoms with Gasteiger partial charge in [-0.2, -0.15) is 0 Å². The number of nitrogens with zero attached hydrogens (tertiary/aromatic N) is 4. The zero-order chi connectivity index (χ0) is 15.9. The van der Waals surface area contributed by atoms with E-state index in [1.807, 2.05) is 23.4 Å². The maximum absolute atomic E-state index is 12.6. The lowest BCUT2D eigenvalue weighted by molar-refractivity contribution is -0.131. The van der Waals surface area contributed by atoms with Gasteiger partial charge in [0.15, 0.2) is 5.16 Å². The molecule has 2 rings (SSSR count). The Hall–Kier alpha value is -1.08. The third-order valence-corrected chi connectivity index (χ3v) is 5.30. The van der Waals surface area contributed by atoms with Gasteiger partial charge in [0.1, 0.15) is 6.33 Å². The van der Waals surface area contributed by atoms with E-state index >= 15 is 0 Å². The van der Waals surface area contributed by atoms with Gasteiger partial charge in [-0.25, -0.2) is 0 Å². The number of thioether (sulfide) groups is 1. The second-order valence-electron chi connectivity index (χ2n) is 5.80. The number of carbonyl (C=O) groups excluding carboxylic acids is 1. The first-order valence-electron chi connectivity index (χ1n) is 7.93. The van der Waals surface area contributed by atoms with Crippen LogP contribution in [-0.4, -0.2) is 57.6 Å². The third-order valence-electron chi connectivity index (χ3n) is 4.22. The van der Waals surface area contributed by atoms with Gasteiger partial charge in [-0.3, -0.25) is 4.79 Å². The Morgan fingerprint density at radius 2 is 2.23 bits per heavy atom. The Kier molecular flexibility index (Phi) is 6.70. The molecular weight excluding hydrogens is 300 g/mol. The van der Waals surface area contributed by atoms with Crippen molar-refractivity contribution in [3.8, 4) is 0 Å². The van der Waals surface area contributed by atoms with Crippen molar-refractivity contribution in [3.05, 3.63) is 6.33 Å². The van der Waals surface area contributed by atoms with Crippen LogP contribution in [0.3, 0.4) is 0 Å². The first-order chi connectivity index (χ1) is 10.6. The predicted octanol–water partition coefficient (Wildman–Crippen LogP) is 2.20. The minimum Gasteiger partial charge on any atom is -0.383 e. The molecule has 1 atom stereocenters. The van der Waals surface area contributed by atoms with Gasteiger partial charge in [0, 0.05) is 26.7 Å². The second-order valence-corrected chi connectivity index (χ2v) is 7.11. The fourth-order valence-corrected chi connectivity index (χ4v) is 3.77. The molecule has 1 amide bonds. The van der Waals surface area contributed by atoms with Crippen molar-refractivity contribution < 1.29 is 9.53 Å². The lowest BCUT2D eigenvalue weighted by atomic mass is 9.94. The molecule has 124 valence electrons. The van der Waals surface area contributed by atoms with Crippen LogP contribution in [0.15, 0.2) is 11.5 Å². The zero-order valence-electron chi connectivity index (χ0n) is 13.7. The number of hydrogen-bond acceptors (Lipinski definition) is 5. The van der Waals surface area contributed by atoms with Crippen LogP contribution in [0, 0.1) is 0 Å². The van der Waals surface area contributed by atoms with Crippen molar-refractivity contribution in [1.82, 2.24) is 19.7 Å². The van der Waals surface area contributed by atoms with Crippen LogP contribution in [0.2, 0.25) is 0 Å². The molecule has 1 aliphatic rings. The van der Waals surface area contributed by atoms with Gasteiger partial charge in [-0.1, -0.05) is 31.0 Å². The molecule has 0 bridgehead atoms. The van der Waals surface area contributed by atoms with Crippen molar-refractivity contribution in [3.63, 3.8) is 0 Å². The SMILES string of the molecule is COCCn1cnnc1SC(C)C(=O)N(C)C1CCCCC1. The van der Waals surface area contributed by atoms with Gasteiger partial charge in [-0.15, -0.1) is 10.2 Å². The lowest BCUT2D eigenvalue weighted by Gasteiger charge is -2.32. The average molecular weight is 326 g/mol. The van der Waals surface area contributed by atoms with Crippen molar-refractivity contribution in [1.29, 1.82) is 0 Å². The molecule has 0 radical (unpaired) electrons. The summed E-state index contributed by atoms with van der Waals surface area (Å²) in [5, 5.41) is 8.66. The van der Waals surface area contributed by atoms with Crippen molar-refractivity contribution in [2.24, 2.45) is 0 Å². The van der Waals surface area contributed by atoms with Gasteiger partial charge in [0.25, 0.3) is 0 Å². The minimum atomic E-state index is -0.155. The largest absolute Gasteiger partial charge is 0.383 e. The van der Waals surface area contributed by atoms with Crippen LogP contribution in [0.1, 0.15) is 39.0 Å². The van der Waals surface area contributed by atoms with E-state index in [9.17, 15) is 4.79 Å². The number of hydrogen-bond donors (Lipinski definition) is 0. The molecule has 0 N–H and O–H groups in total. The molecular formula is C15H26N4O2S. The number of methoxy groups -OCH3 is 1. The number of amides is 1. The van der Waals surface area contributed by atoms with Crippen LogP contribution >= 0.6 is 11.8 Å². The first-order valence-corrected chi connectivity index (χ1v) is 8.81. The fraction of sp³-hybridized carbons (Fsp3) is 0.800. The van der Waals surface area contributed by atoms with Crippen LogP contribution < -0.4 is 0 Å². The summed E-state index contributed by atoms with van der Waals surface area (Å²) in [4.78, 5) is 14.6. The van der Waals surface area contributed by atoms with E-state index in [-0.39, 0.29) is 11.2 Å². The zero-order valence-corrected chi connectivity index (χ0v) is 14.5. The summed E-state index contributed by atoms with van der Waals surface area (Å²) in [6.07, 6.45) is 7.70.